The van der Waals surface area contributed by atoms with E-state index >= 15 is 0 Å². The van der Waals surface area contributed by atoms with E-state index in [2.05, 4.69) is 4.72 Å². The molecule has 7 heteroatoms. The van der Waals surface area contributed by atoms with Crippen LogP contribution < -0.4 is 14.4 Å². The van der Waals surface area contributed by atoms with E-state index in [9.17, 15) is 13.2 Å². The van der Waals surface area contributed by atoms with E-state index in [0.717, 1.165) is 11.3 Å². The molecule has 1 aliphatic rings. The Hall–Kier alpha value is -2.38. The van der Waals surface area contributed by atoms with Gasteiger partial charge >= 0.3 is 0 Å². The van der Waals surface area contributed by atoms with Crippen LogP contribution in [0, 0.1) is 6.92 Å². The van der Waals surface area contributed by atoms with Gasteiger partial charge in [-0.3, -0.25) is 4.79 Å². The molecule has 1 saturated heterocycles. The van der Waals surface area contributed by atoms with Crippen LogP contribution in [0.25, 0.3) is 0 Å². The Kier molecular flexibility index (Phi) is 5.29. The summed E-state index contributed by atoms with van der Waals surface area (Å²) in [5, 5.41) is 0. The smallest absolute Gasteiger partial charge is 0.245 e. The molecule has 0 aliphatic carbocycles. The zero-order valence-corrected chi connectivity index (χ0v) is 15.6. The lowest BCUT2D eigenvalue weighted by atomic mass is 10.2. The van der Waals surface area contributed by atoms with Crippen LogP contribution in [0.4, 0.5) is 5.69 Å². The molecule has 0 radical (unpaired) electrons. The Morgan fingerprint density at radius 1 is 1.12 bits per heavy atom. The summed E-state index contributed by atoms with van der Waals surface area (Å²) in [6.07, 6.45) is 0.434. The highest BCUT2D eigenvalue weighted by Gasteiger charge is 2.35. The second-order valence-electron chi connectivity index (χ2n) is 6.19. The largest absolute Gasteiger partial charge is 0.494 e. The minimum atomic E-state index is -3.77. The fraction of sp³-hybridized carbons (Fsp3) is 0.316. The molecule has 6 nitrogen and oxygen atoms in total. The van der Waals surface area contributed by atoms with Crippen molar-refractivity contribution < 1.29 is 17.9 Å². The fourth-order valence-electron chi connectivity index (χ4n) is 2.91. The van der Waals surface area contributed by atoms with E-state index in [4.69, 9.17) is 4.74 Å². The number of sulfonamides is 1. The normalized spacial score (nSPS) is 17.5. The number of ether oxygens (including phenoxy) is 1. The first kappa shape index (κ1) is 18.4. The summed E-state index contributed by atoms with van der Waals surface area (Å²) in [5.74, 6) is 0.373. The molecule has 2 aromatic rings. The standard InChI is InChI=1S/C19H22N2O4S/c1-3-25-16-8-10-17(11-9-16)26(23,24)20-18-12-13-21(19(18)22)15-6-4-14(2)5-7-15/h4-11,18,20H,3,12-13H2,1-2H3/t18-/m0/s1. The Morgan fingerprint density at radius 2 is 1.77 bits per heavy atom. The number of hydrogen-bond acceptors (Lipinski definition) is 4. The van der Waals surface area contributed by atoms with Crippen molar-refractivity contribution in [3.8, 4) is 5.75 Å². The second kappa shape index (κ2) is 7.47. The number of hydrogen-bond donors (Lipinski definition) is 1. The van der Waals surface area contributed by atoms with Gasteiger partial charge in [0.2, 0.25) is 15.9 Å². The molecule has 1 N–H and O–H groups in total. The molecule has 1 fully saturated rings. The van der Waals surface area contributed by atoms with Gasteiger partial charge in [-0.05, 0) is 56.7 Å². The average Bonchev–Trinajstić information content (AvgIpc) is 2.97. The van der Waals surface area contributed by atoms with Crippen LogP contribution in [-0.2, 0) is 14.8 Å². The van der Waals surface area contributed by atoms with Crippen molar-refractivity contribution in [1.29, 1.82) is 0 Å². The summed E-state index contributed by atoms with van der Waals surface area (Å²) in [7, 11) is -3.77. The van der Waals surface area contributed by atoms with Crippen LogP contribution in [-0.4, -0.2) is 33.5 Å². The molecule has 0 unspecified atom stereocenters. The molecule has 1 heterocycles. The number of nitrogens with zero attached hydrogens (tertiary/aromatic N) is 1. The van der Waals surface area contributed by atoms with Gasteiger partial charge < -0.3 is 9.64 Å². The maximum absolute atomic E-state index is 12.6. The van der Waals surface area contributed by atoms with Crippen LogP contribution >= 0.6 is 0 Å². The van der Waals surface area contributed by atoms with Crippen molar-refractivity contribution in [3.05, 3.63) is 54.1 Å². The number of amides is 1. The Labute approximate surface area is 153 Å². The Morgan fingerprint density at radius 3 is 2.38 bits per heavy atom. The van der Waals surface area contributed by atoms with Crippen molar-refractivity contribution in [2.75, 3.05) is 18.1 Å². The zero-order chi connectivity index (χ0) is 18.7. The van der Waals surface area contributed by atoms with Gasteiger partial charge in [0.25, 0.3) is 0 Å². The first-order chi connectivity index (χ1) is 12.4. The fourth-order valence-corrected chi connectivity index (χ4v) is 4.13. The molecule has 138 valence electrons. The van der Waals surface area contributed by atoms with Crippen molar-refractivity contribution in [2.45, 2.75) is 31.2 Å². The van der Waals surface area contributed by atoms with Crippen molar-refractivity contribution in [3.63, 3.8) is 0 Å². The molecule has 0 bridgehead atoms. The maximum Gasteiger partial charge on any atom is 0.245 e. The Balaban J connectivity index is 1.72. The molecule has 1 amide bonds. The molecule has 1 aliphatic heterocycles. The average molecular weight is 374 g/mol. The minimum Gasteiger partial charge on any atom is -0.494 e. The number of nitrogens with one attached hydrogen (secondary N) is 1. The van der Waals surface area contributed by atoms with Crippen molar-refractivity contribution in [1.82, 2.24) is 4.72 Å². The molecule has 0 aromatic heterocycles. The number of rotatable bonds is 6. The predicted molar refractivity (Wildman–Crippen MR) is 99.9 cm³/mol. The third kappa shape index (κ3) is 3.89. The molecule has 1 atom stereocenters. The topological polar surface area (TPSA) is 75.7 Å². The van der Waals surface area contributed by atoms with E-state index in [1.807, 2.05) is 38.1 Å². The number of benzene rings is 2. The van der Waals surface area contributed by atoms with E-state index in [1.54, 1.807) is 17.0 Å². The van der Waals surface area contributed by atoms with Gasteiger partial charge in [0.15, 0.2) is 0 Å². The van der Waals surface area contributed by atoms with E-state index in [-0.39, 0.29) is 10.8 Å². The monoisotopic (exact) mass is 374 g/mol. The molecule has 0 saturated carbocycles. The van der Waals surface area contributed by atoms with Crippen molar-refractivity contribution in [2.24, 2.45) is 0 Å². The summed E-state index contributed by atoms with van der Waals surface area (Å²) in [4.78, 5) is 14.3. The molecule has 2 aromatic carbocycles. The minimum absolute atomic E-state index is 0.113. The predicted octanol–water partition coefficient (Wildman–Crippen LogP) is 2.48. The van der Waals surface area contributed by atoms with E-state index < -0.39 is 16.1 Å². The highest BCUT2D eigenvalue weighted by molar-refractivity contribution is 7.89. The number of carbonyl (C=O) groups is 1. The highest BCUT2D eigenvalue weighted by Crippen LogP contribution is 2.23. The van der Waals surface area contributed by atoms with Gasteiger partial charge in [-0.25, -0.2) is 8.42 Å². The van der Waals surface area contributed by atoms with Gasteiger partial charge in [0, 0.05) is 12.2 Å². The molecular weight excluding hydrogens is 352 g/mol. The second-order valence-corrected chi connectivity index (χ2v) is 7.91. The third-order valence-corrected chi connectivity index (χ3v) is 5.78. The molecule has 3 rings (SSSR count). The zero-order valence-electron chi connectivity index (χ0n) is 14.8. The van der Waals surface area contributed by atoms with Crippen LogP contribution in [0.2, 0.25) is 0 Å². The van der Waals surface area contributed by atoms with Gasteiger partial charge in [-0.15, -0.1) is 0 Å². The van der Waals surface area contributed by atoms with Crippen LogP contribution in [0.1, 0.15) is 18.9 Å². The van der Waals surface area contributed by atoms with Crippen LogP contribution in [0.15, 0.2) is 53.4 Å². The van der Waals surface area contributed by atoms with Gasteiger partial charge in [0.1, 0.15) is 11.8 Å². The van der Waals surface area contributed by atoms with Crippen LogP contribution in [0.5, 0.6) is 5.75 Å². The summed E-state index contributed by atoms with van der Waals surface area (Å²) in [6, 6.07) is 13.0. The number of anilines is 1. The van der Waals surface area contributed by atoms with Gasteiger partial charge in [0.05, 0.1) is 11.5 Å². The molecule has 26 heavy (non-hydrogen) atoms. The first-order valence-corrected chi connectivity index (χ1v) is 10.0. The van der Waals surface area contributed by atoms with Crippen molar-refractivity contribution >= 4 is 21.6 Å². The quantitative estimate of drug-likeness (QED) is 0.843. The van der Waals surface area contributed by atoms with Gasteiger partial charge in [-0.2, -0.15) is 4.72 Å². The summed E-state index contributed by atoms with van der Waals surface area (Å²) < 4.78 is 33.0. The summed E-state index contributed by atoms with van der Waals surface area (Å²) in [6.45, 7) is 4.83. The maximum atomic E-state index is 12.6. The SMILES string of the molecule is CCOc1ccc(S(=O)(=O)N[C@H]2CCN(c3ccc(C)cc3)C2=O)cc1. The lowest BCUT2D eigenvalue weighted by molar-refractivity contribution is -0.118. The van der Waals surface area contributed by atoms with E-state index in [0.29, 0.717) is 25.3 Å². The third-order valence-electron chi connectivity index (χ3n) is 4.29. The van der Waals surface area contributed by atoms with Gasteiger partial charge in [-0.1, -0.05) is 17.7 Å². The first-order valence-electron chi connectivity index (χ1n) is 8.54. The lowest BCUT2D eigenvalue weighted by Crippen LogP contribution is -2.41. The highest BCUT2D eigenvalue weighted by atomic mass is 32.2. The summed E-state index contributed by atoms with van der Waals surface area (Å²) >= 11 is 0. The number of carbonyl (C=O) groups excluding carboxylic acids is 1. The Bertz CT molecular complexity index is 877. The summed E-state index contributed by atoms with van der Waals surface area (Å²) in [5.41, 5.74) is 1.89. The van der Waals surface area contributed by atoms with E-state index in [1.165, 1.54) is 12.1 Å². The molecular formula is C19H22N2O4S. The number of aryl methyl sites for hydroxylation is 1. The molecule has 0 spiro atoms. The van der Waals surface area contributed by atoms with Crippen LogP contribution in [0.3, 0.4) is 0 Å². The lowest BCUT2D eigenvalue weighted by Gasteiger charge is -2.17.